The average Bonchev–Trinajstić information content (AvgIpc) is 3.55. The Balaban J connectivity index is 0.698. The number of rotatable bonds is 9. The molecule has 14 nitrogen and oxygen atoms in total. The van der Waals surface area contributed by atoms with E-state index in [1.165, 1.54) is 6.07 Å². The third-order valence-corrected chi connectivity index (χ3v) is 12.6. The first-order chi connectivity index (χ1) is 28.2. The lowest BCUT2D eigenvalue weighted by atomic mass is 9.89. The lowest BCUT2D eigenvalue weighted by Crippen LogP contribution is -2.52. The number of carbonyl (C=O) groups excluding carboxylic acids is 4. The van der Waals surface area contributed by atoms with Gasteiger partial charge in [0.05, 0.1) is 11.1 Å². The van der Waals surface area contributed by atoms with Gasteiger partial charge in [0, 0.05) is 112 Å². The molecule has 9 rings (SSSR count). The van der Waals surface area contributed by atoms with Gasteiger partial charge in [0.25, 0.3) is 11.8 Å². The highest BCUT2D eigenvalue weighted by atomic mass is 16.5. The number of aromatic nitrogens is 1. The van der Waals surface area contributed by atoms with E-state index in [4.69, 9.17) is 4.74 Å². The Morgan fingerprint density at radius 3 is 2.33 bits per heavy atom. The topological polar surface area (TPSA) is 171 Å². The van der Waals surface area contributed by atoms with E-state index in [-0.39, 0.29) is 47.8 Å². The second kappa shape index (κ2) is 15.6. The van der Waals surface area contributed by atoms with Gasteiger partial charge in [0.1, 0.15) is 24.0 Å². The Morgan fingerprint density at radius 1 is 0.845 bits per heavy atom. The zero-order valence-corrected chi connectivity index (χ0v) is 32.2. The first-order valence-corrected chi connectivity index (χ1v) is 20.3. The molecule has 4 amide bonds. The molecule has 0 radical (unpaired) electrons. The number of pyridine rings is 1. The van der Waals surface area contributed by atoms with Gasteiger partial charge < -0.3 is 29.7 Å². The summed E-state index contributed by atoms with van der Waals surface area (Å²) in [6.07, 6.45) is 4.12. The number of piperidine rings is 2. The van der Waals surface area contributed by atoms with Gasteiger partial charge in [-0.25, -0.2) is 0 Å². The number of H-pyrrole nitrogens is 1. The van der Waals surface area contributed by atoms with Crippen LogP contribution in [0.4, 0.5) is 11.4 Å². The van der Waals surface area contributed by atoms with Crippen LogP contribution < -0.4 is 30.7 Å². The van der Waals surface area contributed by atoms with Crippen LogP contribution in [0.15, 0.2) is 71.5 Å². The van der Waals surface area contributed by atoms with E-state index in [1.807, 2.05) is 36.4 Å². The van der Waals surface area contributed by atoms with E-state index in [0.717, 1.165) is 75.6 Å². The summed E-state index contributed by atoms with van der Waals surface area (Å²) in [5.74, 6) is 0.328. The van der Waals surface area contributed by atoms with Crippen LogP contribution in [0, 0.1) is 17.2 Å². The predicted octanol–water partition coefficient (Wildman–Crippen LogP) is 3.54. The number of nitriles is 1. The van der Waals surface area contributed by atoms with E-state index in [0.29, 0.717) is 65.1 Å². The summed E-state index contributed by atoms with van der Waals surface area (Å²) in [5, 5.41) is 15.6. The minimum absolute atomic E-state index is 0.00884. The fourth-order valence-electron chi connectivity index (χ4n) is 9.16. The Bertz CT molecular complexity index is 2370. The molecule has 1 atom stereocenters. The summed E-state index contributed by atoms with van der Waals surface area (Å²) in [6, 6.07) is 21.9. The molecule has 0 unspecified atom stereocenters. The van der Waals surface area contributed by atoms with Crippen molar-refractivity contribution in [1.29, 1.82) is 5.26 Å². The number of fused-ring (bicyclic) bond motifs is 2. The van der Waals surface area contributed by atoms with Crippen LogP contribution in [0.5, 0.6) is 5.75 Å². The number of piperazine rings is 1. The number of ether oxygens (including phenoxy) is 1. The standard InChI is InChI=1S/C44H46N8O6/c45-24-29-3-10-38(36-8-11-39(53)47-41(29)36)58-34-22-31(23-34)46-42(55)28-1-4-32(5-2-28)50-15-13-27(14-16-50)25-49-17-19-51(20-18-49)33-6-7-35-30(21-33)26-52(44(35)57)37-9-12-40(54)48-43(37)56/h1-8,10-11,21,27,31,34,37H,9,12-20,22-23,25-26H2,(H,46,55)(H,47,53)(H,48,54,56)/t31?,34?,37-/m0/s1. The van der Waals surface area contributed by atoms with Crippen molar-refractivity contribution in [3.05, 3.63) is 99.3 Å². The van der Waals surface area contributed by atoms with Gasteiger partial charge in [-0.05, 0) is 91.4 Å². The minimum atomic E-state index is -0.604. The largest absolute Gasteiger partial charge is 0.490 e. The zero-order chi connectivity index (χ0) is 39.9. The van der Waals surface area contributed by atoms with Crippen molar-refractivity contribution in [2.24, 2.45) is 5.92 Å². The maximum atomic E-state index is 13.1. The normalized spacial score (nSPS) is 22.6. The number of nitrogens with zero attached hydrogens (tertiary/aromatic N) is 5. The summed E-state index contributed by atoms with van der Waals surface area (Å²) in [7, 11) is 0. The van der Waals surface area contributed by atoms with E-state index >= 15 is 0 Å². The number of nitrogens with one attached hydrogen (secondary N) is 3. The summed E-state index contributed by atoms with van der Waals surface area (Å²) in [4.78, 5) is 73.8. The lowest BCUT2D eigenvalue weighted by molar-refractivity contribution is -0.136. The van der Waals surface area contributed by atoms with Crippen molar-refractivity contribution < 1.29 is 23.9 Å². The van der Waals surface area contributed by atoms with Crippen molar-refractivity contribution in [2.75, 3.05) is 55.6 Å². The van der Waals surface area contributed by atoms with Crippen molar-refractivity contribution in [3.8, 4) is 11.8 Å². The highest BCUT2D eigenvalue weighted by molar-refractivity contribution is 6.05. The van der Waals surface area contributed by atoms with Crippen molar-refractivity contribution in [2.45, 2.75) is 63.3 Å². The van der Waals surface area contributed by atoms with Gasteiger partial charge in [-0.1, -0.05) is 0 Å². The molecular formula is C44H46N8O6. The number of hydrogen-bond acceptors (Lipinski definition) is 10. The van der Waals surface area contributed by atoms with Crippen LogP contribution in [0.25, 0.3) is 10.9 Å². The molecule has 1 aliphatic carbocycles. The molecule has 14 heteroatoms. The van der Waals surface area contributed by atoms with E-state index < -0.39 is 6.04 Å². The number of imide groups is 1. The SMILES string of the molecule is N#Cc1ccc(OC2CC(NC(=O)c3ccc(N4CCC(CN5CCN(c6ccc7c(c6)CN([C@H]6CCC(=O)NC6=O)C7=O)CC5)CC4)cc3)C2)c2ccc(=O)[nH]c12. The molecule has 4 aliphatic heterocycles. The summed E-state index contributed by atoms with van der Waals surface area (Å²) in [5.41, 5.74) is 5.02. The quantitative estimate of drug-likeness (QED) is 0.214. The molecule has 5 aliphatic rings. The Hall–Kier alpha value is -6.20. The van der Waals surface area contributed by atoms with Gasteiger partial charge in [0.15, 0.2) is 0 Å². The molecule has 4 aromatic rings. The highest BCUT2D eigenvalue weighted by Gasteiger charge is 2.39. The number of hydrogen-bond donors (Lipinski definition) is 3. The van der Waals surface area contributed by atoms with Gasteiger partial charge in [-0.3, -0.25) is 34.2 Å². The fourth-order valence-corrected chi connectivity index (χ4v) is 9.16. The Morgan fingerprint density at radius 2 is 1.59 bits per heavy atom. The molecular weight excluding hydrogens is 737 g/mol. The van der Waals surface area contributed by atoms with Gasteiger partial charge in [-0.2, -0.15) is 5.26 Å². The summed E-state index contributed by atoms with van der Waals surface area (Å²) < 4.78 is 6.19. The van der Waals surface area contributed by atoms with Crippen LogP contribution in [0.1, 0.15) is 70.4 Å². The molecule has 4 fully saturated rings. The van der Waals surface area contributed by atoms with Crippen LogP contribution in [-0.2, 0) is 16.1 Å². The van der Waals surface area contributed by atoms with Crippen molar-refractivity contribution in [1.82, 2.24) is 25.4 Å². The number of carbonyl (C=O) groups is 4. The lowest BCUT2D eigenvalue weighted by Gasteiger charge is -2.40. The first-order valence-electron chi connectivity index (χ1n) is 20.3. The van der Waals surface area contributed by atoms with Crippen LogP contribution >= 0.6 is 0 Å². The first kappa shape index (κ1) is 37.4. The monoisotopic (exact) mass is 782 g/mol. The number of amides is 4. The van der Waals surface area contributed by atoms with Gasteiger partial charge in [-0.15, -0.1) is 0 Å². The van der Waals surface area contributed by atoms with Gasteiger partial charge >= 0.3 is 0 Å². The average molecular weight is 783 g/mol. The smallest absolute Gasteiger partial charge is 0.255 e. The molecule has 3 aromatic carbocycles. The molecule has 0 bridgehead atoms. The maximum Gasteiger partial charge on any atom is 0.255 e. The number of aromatic amines is 1. The van der Waals surface area contributed by atoms with Crippen LogP contribution in [0.2, 0.25) is 0 Å². The Labute approximate surface area is 335 Å². The summed E-state index contributed by atoms with van der Waals surface area (Å²) >= 11 is 0. The van der Waals surface area contributed by atoms with Crippen LogP contribution in [0.3, 0.4) is 0 Å². The third-order valence-electron chi connectivity index (χ3n) is 12.6. The van der Waals surface area contributed by atoms with Crippen LogP contribution in [-0.4, -0.2) is 102 Å². The van der Waals surface area contributed by atoms with E-state index in [2.05, 4.69) is 42.5 Å². The minimum Gasteiger partial charge on any atom is -0.490 e. The molecule has 1 saturated carbocycles. The maximum absolute atomic E-state index is 13.1. The van der Waals surface area contributed by atoms with Gasteiger partial charge in [0.2, 0.25) is 17.4 Å². The second-order valence-corrected chi connectivity index (χ2v) is 16.2. The second-order valence-electron chi connectivity index (χ2n) is 16.2. The molecule has 3 saturated heterocycles. The number of anilines is 2. The number of benzene rings is 3. The zero-order valence-electron chi connectivity index (χ0n) is 32.2. The third kappa shape index (κ3) is 7.49. The summed E-state index contributed by atoms with van der Waals surface area (Å²) in [6.45, 7) is 7.22. The van der Waals surface area contributed by atoms with Crippen molar-refractivity contribution in [3.63, 3.8) is 0 Å². The highest BCUT2D eigenvalue weighted by Crippen LogP contribution is 2.33. The molecule has 5 heterocycles. The van der Waals surface area contributed by atoms with Crippen molar-refractivity contribution >= 4 is 45.9 Å². The van der Waals surface area contributed by atoms with E-state index in [1.54, 1.807) is 23.1 Å². The predicted molar refractivity (Wildman–Crippen MR) is 217 cm³/mol. The Kier molecular flexibility index (Phi) is 10.1. The molecule has 1 aromatic heterocycles. The molecule has 0 spiro atoms. The molecule has 298 valence electrons. The molecule has 3 N–H and O–H groups in total. The van der Waals surface area contributed by atoms with E-state index in [9.17, 15) is 29.2 Å². The molecule has 58 heavy (non-hydrogen) atoms. The fraction of sp³-hybridized carbons (Fsp3) is 0.409.